The van der Waals surface area contributed by atoms with Crippen molar-refractivity contribution in [3.63, 3.8) is 0 Å². The van der Waals surface area contributed by atoms with E-state index in [1.54, 1.807) is 0 Å². The fourth-order valence-electron chi connectivity index (χ4n) is 7.02. The molecule has 3 aromatic rings. The number of nitro groups is 1. The molecule has 3 aromatic carbocycles. The number of nitrogens with two attached hydrogens (primary N) is 1. The van der Waals surface area contributed by atoms with Crippen LogP contribution in [-0.4, -0.2) is 74.4 Å². The molecule has 1 aliphatic heterocycles. The van der Waals surface area contributed by atoms with Crippen LogP contribution in [-0.2, 0) is 32.0 Å². The van der Waals surface area contributed by atoms with Crippen molar-refractivity contribution >= 4 is 40.2 Å². The van der Waals surface area contributed by atoms with Crippen molar-refractivity contribution in [2.75, 3.05) is 6.54 Å². The number of aromatic hydroxyl groups is 1. The maximum Gasteiger partial charge on any atom is 0.326 e. The highest BCUT2D eigenvalue weighted by Gasteiger charge is 2.39. The van der Waals surface area contributed by atoms with E-state index in [-0.39, 0.29) is 37.3 Å². The van der Waals surface area contributed by atoms with Crippen molar-refractivity contribution in [3.8, 4) is 5.75 Å². The van der Waals surface area contributed by atoms with Crippen LogP contribution in [0, 0.1) is 16.0 Å². The van der Waals surface area contributed by atoms with Gasteiger partial charge in [0, 0.05) is 25.5 Å². The van der Waals surface area contributed by atoms with Crippen LogP contribution in [0.5, 0.6) is 5.75 Å². The molecule has 2 fully saturated rings. The number of fused-ring (bicyclic) bond motifs is 1. The average Bonchev–Trinajstić information content (AvgIpc) is 3.59. The minimum absolute atomic E-state index is 0.0464. The first-order valence-electron chi connectivity index (χ1n) is 16.8. The fourth-order valence-corrected chi connectivity index (χ4v) is 7.02. The van der Waals surface area contributed by atoms with Gasteiger partial charge >= 0.3 is 11.7 Å². The lowest BCUT2D eigenvalue weighted by Crippen LogP contribution is -2.58. The molecule has 1 saturated carbocycles. The number of phenolic OH excluding ortho intramolecular Hbond substituents is 1. The van der Waals surface area contributed by atoms with Crippen LogP contribution < -0.4 is 16.4 Å². The fraction of sp³-hybridized carbons (Fsp3) is 0.444. The van der Waals surface area contributed by atoms with Crippen molar-refractivity contribution in [1.82, 2.24) is 15.5 Å². The minimum Gasteiger partial charge on any atom is -0.502 e. The molecular weight excluding hydrogens is 630 g/mol. The van der Waals surface area contributed by atoms with E-state index < -0.39 is 64.2 Å². The molecule has 260 valence electrons. The Balaban J connectivity index is 1.42. The predicted molar refractivity (Wildman–Crippen MR) is 182 cm³/mol. The Hall–Kier alpha value is -5.04. The monoisotopic (exact) mass is 673 g/mol. The molecule has 5 rings (SSSR count). The van der Waals surface area contributed by atoms with Gasteiger partial charge in [-0.1, -0.05) is 80.6 Å². The van der Waals surface area contributed by atoms with E-state index in [0.717, 1.165) is 60.6 Å². The second-order valence-electron chi connectivity index (χ2n) is 13.2. The number of phenols is 1. The summed E-state index contributed by atoms with van der Waals surface area (Å²) in [6.07, 6.45) is 6.28. The molecule has 6 N–H and O–H groups in total. The van der Waals surface area contributed by atoms with Gasteiger partial charge < -0.3 is 31.5 Å². The Labute approximate surface area is 284 Å². The molecular formula is C36H43N5O8. The molecule has 0 bridgehead atoms. The van der Waals surface area contributed by atoms with E-state index in [1.165, 1.54) is 11.0 Å². The number of carboxylic acid groups (broad SMARTS) is 1. The molecule has 13 nitrogen and oxygen atoms in total. The number of rotatable bonds is 13. The number of nitrogens with zero attached hydrogens (tertiary/aromatic N) is 2. The quantitative estimate of drug-likeness (QED) is 0.133. The first-order chi connectivity index (χ1) is 23.5. The van der Waals surface area contributed by atoms with Gasteiger partial charge in [-0.3, -0.25) is 24.5 Å². The molecule has 0 aromatic heterocycles. The second-order valence-corrected chi connectivity index (χ2v) is 13.2. The SMILES string of the molecule is N[C@@H](CC1CCCCC1)C(=O)N[C@@H](Cc1ccc(O)c([N+](=O)[O-])c1)C(=O)N[C@@H](Cc1ccc2ccccc2c1)C(=O)N1CCC[C@H]1C(=O)O. The predicted octanol–water partition coefficient (Wildman–Crippen LogP) is 3.58. The number of nitro benzene ring substituents is 1. The molecule has 1 saturated heterocycles. The Morgan fingerprint density at radius 1 is 0.857 bits per heavy atom. The van der Waals surface area contributed by atoms with Gasteiger partial charge in [0.15, 0.2) is 5.75 Å². The van der Waals surface area contributed by atoms with Crippen molar-refractivity contribution in [2.45, 2.75) is 88.4 Å². The minimum atomic E-state index is -1.30. The standard InChI is InChI=1S/C36H43N5O8/c37-27(18-22-7-2-1-3-8-22)33(43)38-28(19-24-13-15-32(42)31(21-24)41(48)49)34(44)39-29(35(45)40-16-6-11-30(40)36(46)47)20-23-12-14-25-9-4-5-10-26(25)17-23/h4-5,9-10,12-15,17,21-22,27-30,42H,1-3,6-8,11,16,18-20,37H2,(H,38,43)(H,39,44)(H,46,47)/t27-,28-,29-,30-/m0/s1. The van der Waals surface area contributed by atoms with Gasteiger partial charge in [-0.15, -0.1) is 0 Å². The Bertz CT molecular complexity index is 1710. The molecule has 0 spiro atoms. The number of hydrogen-bond donors (Lipinski definition) is 5. The zero-order valence-corrected chi connectivity index (χ0v) is 27.3. The van der Waals surface area contributed by atoms with E-state index in [1.807, 2.05) is 42.5 Å². The molecule has 0 unspecified atom stereocenters. The maximum absolute atomic E-state index is 14.1. The van der Waals surface area contributed by atoms with Gasteiger partial charge in [-0.2, -0.15) is 0 Å². The van der Waals surface area contributed by atoms with Crippen LogP contribution in [0.4, 0.5) is 5.69 Å². The lowest BCUT2D eigenvalue weighted by atomic mass is 9.85. The number of benzene rings is 3. The molecule has 49 heavy (non-hydrogen) atoms. The zero-order chi connectivity index (χ0) is 35.1. The number of hydrogen-bond acceptors (Lipinski definition) is 8. The van der Waals surface area contributed by atoms with Crippen LogP contribution in [0.25, 0.3) is 10.8 Å². The van der Waals surface area contributed by atoms with Crippen LogP contribution in [0.2, 0.25) is 0 Å². The molecule has 0 radical (unpaired) electrons. The highest BCUT2D eigenvalue weighted by atomic mass is 16.6. The number of likely N-dealkylation sites (tertiary alicyclic amines) is 1. The van der Waals surface area contributed by atoms with Crippen molar-refractivity contribution in [3.05, 3.63) is 81.9 Å². The summed E-state index contributed by atoms with van der Waals surface area (Å²) in [7, 11) is 0. The molecule has 4 atom stereocenters. The first kappa shape index (κ1) is 35.3. The van der Waals surface area contributed by atoms with Crippen molar-refractivity contribution in [2.24, 2.45) is 11.7 Å². The Morgan fingerprint density at radius 2 is 1.51 bits per heavy atom. The largest absolute Gasteiger partial charge is 0.502 e. The number of aliphatic carboxylic acids is 1. The summed E-state index contributed by atoms with van der Waals surface area (Å²) < 4.78 is 0. The Kier molecular flexibility index (Phi) is 11.4. The zero-order valence-electron chi connectivity index (χ0n) is 27.3. The third-order valence-corrected chi connectivity index (χ3v) is 9.65. The molecule has 3 amide bonds. The van der Waals surface area contributed by atoms with Gasteiger partial charge in [0.2, 0.25) is 17.7 Å². The van der Waals surface area contributed by atoms with E-state index in [4.69, 9.17) is 5.73 Å². The van der Waals surface area contributed by atoms with Gasteiger partial charge in [0.1, 0.15) is 18.1 Å². The second kappa shape index (κ2) is 15.9. The van der Waals surface area contributed by atoms with Crippen molar-refractivity contribution in [1.29, 1.82) is 0 Å². The smallest absolute Gasteiger partial charge is 0.326 e. The number of carbonyl (C=O) groups is 4. The van der Waals surface area contributed by atoms with Crippen LogP contribution in [0.1, 0.15) is 62.5 Å². The highest BCUT2D eigenvalue weighted by molar-refractivity contribution is 5.95. The molecule has 13 heteroatoms. The lowest BCUT2D eigenvalue weighted by Gasteiger charge is -2.29. The summed E-state index contributed by atoms with van der Waals surface area (Å²) in [6.45, 7) is 0.216. The number of amides is 3. The third-order valence-electron chi connectivity index (χ3n) is 9.65. The summed E-state index contributed by atoms with van der Waals surface area (Å²) in [5.41, 5.74) is 6.77. The van der Waals surface area contributed by atoms with Crippen molar-refractivity contribution < 1.29 is 34.3 Å². The number of carboxylic acids is 1. The average molecular weight is 674 g/mol. The van der Waals surface area contributed by atoms with E-state index in [0.29, 0.717) is 12.8 Å². The van der Waals surface area contributed by atoms with Crippen LogP contribution in [0.3, 0.4) is 0 Å². The summed E-state index contributed by atoms with van der Waals surface area (Å²) in [5.74, 6) is -3.26. The van der Waals surface area contributed by atoms with Gasteiger partial charge in [-0.25, -0.2) is 4.79 Å². The van der Waals surface area contributed by atoms with Gasteiger partial charge in [0.25, 0.3) is 0 Å². The topological polar surface area (TPSA) is 205 Å². The molecule has 1 heterocycles. The van der Waals surface area contributed by atoms with Crippen LogP contribution in [0.15, 0.2) is 60.7 Å². The summed E-state index contributed by atoms with van der Waals surface area (Å²) in [6, 6.07) is 12.6. The third kappa shape index (κ3) is 8.91. The Morgan fingerprint density at radius 3 is 2.22 bits per heavy atom. The first-order valence-corrected chi connectivity index (χ1v) is 16.8. The van der Waals surface area contributed by atoms with E-state index >= 15 is 0 Å². The van der Waals surface area contributed by atoms with E-state index in [2.05, 4.69) is 10.6 Å². The van der Waals surface area contributed by atoms with Crippen LogP contribution >= 0.6 is 0 Å². The summed E-state index contributed by atoms with van der Waals surface area (Å²) in [4.78, 5) is 65.5. The van der Waals surface area contributed by atoms with Gasteiger partial charge in [0.05, 0.1) is 11.0 Å². The summed E-state index contributed by atoms with van der Waals surface area (Å²) >= 11 is 0. The van der Waals surface area contributed by atoms with Gasteiger partial charge in [-0.05, 0) is 53.1 Å². The maximum atomic E-state index is 14.1. The summed E-state index contributed by atoms with van der Waals surface area (Å²) in [5, 5.41) is 38.7. The normalized spacial score (nSPS) is 18.4. The molecule has 1 aliphatic carbocycles. The van der Waals surface area contributed by atoms with E-state index in [9.17, 15) is 39.5 Å². The lowest BCUT2D eigenvalue weighted by molar-refractivity contribution is -0.385. The molecule has 2 aliphatic rings. The number of nitrogens with one attached hydrogen (secondary N) is 2. The number of carbonyl (C=O) groups excluding carboxylic acids is 3. The highest BCUT2D eigenvalue weighted by Crippen LogP contribution is 2.28.